The van der Waals surface area contributed by atoms with Crippen molar-refractivity contribution in [1.82, 2.24) is 0 Å². The Morgan fingerprint density at radius 2 is 1.67 bits per heavy atom. The van der Waals surface area contributed by atoms with Crippen LogP contribution in [-0.2, 0) is 14.3 Å². The van der Waals surface area contributed by atoms with E-state index in [9.17, 15) is 24.9 Å². The molecule has 0 amide bonds. The van der Waals surface area contributed by atoms with Gasteiger partial charge in [0.05, 0.1) is 49.0 Å². The topological polar surface area (TPSA) is 163 Å². The molecule has 2 heterocycles. The van der Waals surface area contributed by atoms with Crippen molar-refractivity contribution in [3.8, 4) is 11.8 Å². The van der Waals surface area contributed by atoms with E-state index in [1.807, 2.05) is 0 Å². The van der Waals surface area contributed by atoms with Crippen LogP contribution in [0.5, 0.6) is 0 Å². The van der Waals surface area contributed by atoms with E-state index in [1.165, 1.54) is 70.6 Å². The molecule has 0 bridgehead atoms. The van der Waals surface area contributed by atoms with Crippen LogP contribution in [-0.4, -0.2) is 82.7 Å². The number of ketones is 2. The molecule has 338 valence electrons. The second-order valence-electron chi connectivity index (χ2n) is 21.5. The maximum atomic E-state index is 13.9. The molecular formula is C51H85N3O6+2. The maximum absolute atomic E-state index is 13.9. The van der Waals surface area contributed by atoms with Crippen LogP contribution in [0, 0.1) is 65.1 Å². The Balaban J connectivity index is 0.992. The van der Waals surface area contributed by atoms with E-state index < -0.39 is 24.2 Å². The van der Waals surface area contributed by atoms with Crippen molar-refractivity contribution in [2.75, 3.05) is 13.7 Å². The summed E-state index contributed by atoms with van der Waals surface area (Å²) < 4.78 is 5.73. The first-order valence-electron chi connectivity index (χ1n) is 25.4. The summed E-state index contributed by atoms with van der Waals surface area (Å²) >= 11 is 0. The van der Waals surface area contributed by atoms with Crippen molar-refractivity contribution < 1.29 is 40.3 Å². The third kappa shape index (κ3) is 12.1. The van der Waals surface area contributed by atoms with Crippen LogP contribution in [0.4, 0.5) is 0 Å². The van der Waals surface area contributed by atoms with Crippen molar-refractivity contribution in [2.45, 2.75) is 216 Å². The van der Waals surface area contributed by atoms with E-state index in [4.69, 9.17) is 10.5 Å². The molecule has 0 radical (unpaired) electrons. The first kappa shape index (κ1) is 46.4. The number of rotatable bonds is 15. The molecule has 7 rings (SSSR count). The molecule has 0 aromatic heterocycles. The zero-order chi connectivity index (χ0) is 42.1. The molecule has 5 aliphatic carbocycles. The summed E-state index contributed by atoms with van der Waals surface area (Å²) in [5.74, 6) is 9.73. The number of aliphatic hydroxyl groups excluding tert-OH is 3. The van der Waals surface area contributed by atoms with Crippen LogP contribution in [0.2, 0.25) is 0 Å². The van der Waals surface area contributed by atoms with Gasteiger partial charge in [-0.05, 0) is 119 Å². The molecule has 14 unspecified atom stereocenters. The van der Waals surface area contributed by atoms with Gasteiger partial charge in [0.1, 0.15) is 23.7 Å². The van der Waals surface area contributed by atoms with Crippen LogP contribution in [0.3, 0.4) is 0 Å². The predicted molar refractivity (Wildman–Crippen MR) is 235 cm³/mol. The lowest BCUT2D eigenvalue weighted by Crippen LogP contribution is -3.05. The Kier molecular flexibility index (Phi) is 17.2. The van der Waals surface area contributed by atoms with Gasteiger partial charge in [-0.2, -0.15) is 0 Å². The van der Waals surface area contributed by atoms with E-state index in [1.54, 1.807) is 7.11 Å². The van der Waals surface area contributed by atoms with Crippen molar-refractivity contribution in [3.05, 3.63) is 12.2 Å². The Labute approximate surface area is 363 Å². The van der Waals surface area contributed by atoms with Crippen LogP contribution >= 0.6 is 0 Å². The third-order valence-electron chi connectivity index (χ3n) is 17.5. The fourth-order valence-electron chi connectivity index (χ4n) is 14.0. The summed E-state index contributed by atoms with van der Waals surface area (Å²) in [5.41, 5.74) is 6.72. The summed E-state index contributed by atoms with van der Waals surface area (Å²) in [6.45, 7) is 1.04. The highest BCUT2D eigenvalue weighted by molar-refractivity contribution is 5.84. The van der Waals surface area contributed by atoms with Crippen molar-refractivity contribution in [3.63, 3.8) is 0 Å². The second-order valence-corrected chi connectivity index (χ2v) is 21.5. The monoisotopic (exact) mass is 836 g/mol. The lowest BCUT2D eigenvalue weighted by atomic mass is 9.62. The van der Waals surface area contributed by atoms with Gasteiger partial charge in [0.15, 0.2) is 0 Å². The number of carbonyl (C=O) groups is 2. The summed E-state index contributed by atoms with van der Waals surface area (Å²) in [6.07, 6.45) is 29.9. The number of Topliss-reactive ketones (excluding diaryl/α,β-unsaturated/α-hetero) is 2. The number of nitrogens with two attached hydrogens (primary N) is 3. The predicted octanol–water partition coefficient (Wildman–Crippen LogP) is 5.47. The van der Waals surface area contributed by atoms with Gasteiger partial charge >= 0.3 is 0 Å². The zero-order valence-corrected chi connectivity index (χ0v) is 37.4. The molecule has 6 fully saturated rings. The first-order chi connectivity index (χ1) is 29.1. The van der Waals surface area contributed by atoms with E-state index >= 15 is 0 Å². The number of quaternary nitrogens is 2. The van der Waals surface area contributed by atoms with Gasteiger partial charge in [-0.15, -0.1) is 0 Å². The molecule has 9 nitrogen and oxygen atoms in total. The van der Waals surface area contributed by atoms with Crippen molar-refractivity contribution in [1.29, 1.82) is 0 Å². The van der Waals surface area contributed by atoms with Gasteiger partial charge in [-0.25, -0.2) is 0 Å². The number of aliphatic hydroxyl groups is 3. The molecule has 0 aromatic rings. The average molecular weight is 836 g/mol. The molecule has 4 saturated carbocycles. The molecule has 1 spiro atoms. The zero-order valence-electron chi connectivity index (χ0n) is 37.4. The van der Waals surface area contributed by atoms with Crippen LogP contribution in [0.15, 0.2) is 12.2 Å². The quantitative estimate of drug-likeness (QED) is 0.0724. The number of ether oxygens (including phenoxy) is 1. The SMILES string of the molecule is COC1CC2CCC(=O)C(C(O)CCCCC3CC4CCC(=O)CC4[NH2+]C34CCCCC4)C#CC(CCC(O)CC(C=CC3CCCCC3)C3CC[NH2+]C(N)C3)C2CC1O. The number of unbranched alkanes of at least 4 members (excludes halogenated alkanes) is 1. The second kappa shape index (κ2) is 22.3. The van der Waals surface area contributed by atoms with Crippen LogP contribution < -0.4 is 16.4 Å². The molecule has 14 atom stereocenters. The molecular weight excluding hydrogens is 751 g/mol. The largest absolute Gasteiger partial charge is 0.393 e. The first-order valence-corrected chi connectivity index (χ1v) is 25.4. The van der Waals surface area contributed by atoms with Gasteiger partial charge in [0.25, 0.3) is 0 Å². The molecule has 60 heavy (non-hydrogen) atoms. The highest BCUT2D eigenvalue weighted by Gasteiger charge is 2.52. The van der Waals surface area contributed by atoms with Gasteiger partial charge in [-0.1, -0.05) is 62.5 Å². The number of allylic oxidation sites excluding steroid dienone is 2. The van der Waals surface area contributed by atoms with E-state index in [0.29, 0.717) is 86.4 Å². The summed E-state index contributed by atoms with van der Waals surface area (Å²) in [6, 6.07) is 0.472. The Bertz CT molecular complexity index is 1460. The van der Waals surface area contributed by atoms with Gasteiger partial charge in [-0.3, -0.25) is 15.3 Å². The number of carbonyl (C=O) groups excluding carboxylic acids is 2. The number of fused-ring (bicyclic) bond motifs is 2. The summed E-state index contributed by atoms with van der Waals surface area (Å²) in [4.78, 5) is 26.3. The smallest absolute Gasteiger partial charge is 0.150 e. The van der Waals surface area contributed by atoms with Crippen LogP contribution in [0.25, 0.3) is 0 Å². The molecule has 9 heteroatoms. The highest BCUT2D eigenvalue weighted by atomic mass is 16.5. The lowest BCUT2D eigenvalue weighted by Gasteiger charge is -2.51. The fourth-order valence-corrected chi connectivity index (χ4v) is 14.0. The highest BCUT2D eigenvalue weighted by Crippen LogP contribution is 2.44. The van der Waals surface area contributed by atoms with E-state index in [2.05, 4.69) is 34.6 Å². The number of methoxy groups -OCH3 is 1. The summed E-state index contributed by atoms with van der Waals surface area (Å²) in [7, 11) is 1.67. The Morgan fingerprint density at radius 1 is 0.883 bits per heavy atom. The Hall–Kier alpha value is -1.64. The lowest BCUT2D eigenvalue weighted by molar-refractivity contribution is -0.782. The van der Waals surface area contributed by atoms with Gasteiger partial charge in [0, 0.05) is 63.4 Å². The standard InChI is InChI=1S/C51H83N3O6/c1-60-49-30-38-19-23-47(58)43(46(57)13-7-6-12-40-28-39-17-21-42(56)32-45(39)54-51(40)25-8-3-9-26-51)22-18-35(44(38)33-48(49)59)16-20-41(55)29-36(37-24-27-53-50(52)31-37)15-14-34-10-4-2-5-11-34/h14-15,34-41,43-46,48-50,53-55,57,59H,2-13,16-17,19-21,23-33,52H2,1H3/p+2. The Morgan fingerprint density at radius 3 is 2.45 bits per heavy atom. The minimum absolute atomic E-state index is 0.0472. The minimum atomic E-state index is -0.792. The number of hydrogen-bond acceptors (Lipinski definition) is 7. The van der Waals surface area contributed by atoms with Crippen LogP contribution in [0.1, 0.15) is 173 Å². The molecule has 9 N–H and O–H groups in total. The van der Waals surface area contributed by atoms with Crippen molar-refractivity contribution >= 4 is 11.6 Å². The van der Waals surface area contributed by atoms with E-state index in [0.717, 1.165) is 64.3 Å². The molecule has 2 saturated heterocycles. The molecule has 2 aliphatic heterocycles. The fraction of sp³-hybridized carbons (Fsp3) is 0.882. The third-order valence-corrected chi connectivity index (χ3v) is 17.5. The number of piperidine rings is 2. The normalized spacial score (nSPS) is 38.1. The number of hydrogen-bond donors (Lipinski definition) is 6. The average Bonchev–Trinajstić information content (AvgIpc) is 3.31. The molecule has 0 aromatic carbocycles. The minimum Gasteiger partial charge on any atom is -0.393 e. The molecule has 7 aliphatic rings. The van der Waals surface area contributed by atoms with Crippen molar-refractivity contribution in [2.24, 2.45) is 59.0 Å². The van der Waals surface area contributed by atoms with Gasteiger partial charge in [0.2, 0.25) is 0 Å². The summed E-state index contributed by atoms with van der Waals surface area (Å²) in [5, 5.41) is 39.5. The van der Waals surface area contributed by atoms with Gasteiger partial charge < -0.3 is 30.7 Å². The maximum Gasteiger partial charge on any atom is 0.150 e. The van der Waals surface area contributed by atoms with E-state index in [-0.39, 0.29) is 41.3 Å².